The first-order valence-corrected chi connectivity index (χ1v) is 8.48. The summed E-state index contributed by atoms with van der Waals surface area (Å²) in [5, 5.41) is 0. The second-order valence-electron chi connectivity index (χ2n) is 5.56. The van der Waals surface area contributed by atoms with Crippen LogP contribution in [0.15, 0.2) is 52.8 Å². The van der Waals surface area contributed by atoms with Crippen LogP contribution in [0.25, 0.3) is 15.9 Å². The SMILES string of the molecule is Cc1cccc2nc(COC(=O)c3ccc4ncsc4c3)cc(=O)n12. The number of aryl methyl sites for hydroxylation is 1. The van der Waals surface area contributed by atoms with Gasteiger partial charge in [-0.25, -0.2) is 14.8 Å². The van der Waals surface area contributed by atoms with E-state index < -0.39 is 5.97 Å². The van der Waals surface area contributed by atoms with Gasteiger partial charge in [0.15, 0.2) is 0 Å². The molecule has 0 unspecified atom stereocenters. The quantitative estimate of drug-likeness (QED) is 0.531. The number of fused-ring (bicyclic) bond motifs is 2. The molecule has 0 amide bonds. The van der Waals surface area contributed by atoms with Crippen LogP contribution in [0.2, 0.25) is 0 Å². The number of benzene rings is 1. The lowest BCUT2D eigenvalue weighted by Gasteiger charge is -2.07. The third kappa shape index (κ3) is 2.89. The molecule has 0 aliphatic heterocycles. The van der Waals surface area contributed by atoms with Gasteiger partial charge < -0.3 is 4.74 Å². The third-order valence-corrected chi connectivity index (χ3v) is 4.64. The number of hydrogen-bond donors (Lipinski definition) is 0. The summed E-state index contributed by atoms with van der Waals surface area (Å²) >= 11 is 1.46. The molecule has 0 saturated heterocycles. The molecule has 0 bridgehead atoms. The number of carbonyl (C=O) groups is 1. The summed E-state index contributed by atoms with van der Waals surface area (Å²) < 4.78 is 7.75. The van der Waals surface area contributed by atoms with Gasteiger partial charge in [0.25, 0.3) is 5.56 Å². The summed E-state index contributed by atoms with van der Waals surface area (Å²) in [6.45, 7) is 1.78. The molecule has 7 heteroatoms. The summed E-state index contributed by atoms with van der Waals surface area (Å²) in [7, 11) is 0. The summed E-state index contributed by atoms with van der Waals surface area (Å²) in [4.78, 5) is 33.0. The number of aromatic nitrogens is 3. The first-order valence-electron chi connectivity index (χ1n) is 7.60. The highest BCUT2D eigenvalue weighted by Crippen LogP contribution is 2.19. The minimum atomic E-state index is -0.457. The minimum Gasteiger partial charge on any atom is -0.456 e. The standard InChI is InChI=1S/C18H13N3O3S/c1-11-3-2-4-16-20-13(8-17(22)21(11)16)9-24-18(23)12-5-6-14-15(7-12)25-10-19-14/h2-8,10H,9H2,1H3. The molecule has 1 aromatic carbocycles. The number of pyridine rings is 1. The second kappa shape index (κ2) is 6.10. The molecule has 0 atom stereocenters. The van der Waals surface area contributed by atoms with Crippen LogP contribution in [-0.4, -0.2) is 20.3 Å². The first kappa shape index (κ1) is 15.5. The van der Waals surface area contributed by atoms with Crippen LogP contribution in [0.5, 0.6) is 0 Å². The highest BCUT2D eigenvalue weighted by atomic mass is 32.1. The number of carbonyl (C=O) groups excluding carboxylic acids is 1. The van der Waals surface area contributed by atoms with Crippen LogP contribution in [0, 0.1) is 6.92 Å². The van der Waals surface area contributed by atoms with E-state index in [0.29, 0.717) is 16.9 Å². The van der Waals surface area contributed by atoms with Gasteiger partial charge in [0, 0.05) is 11.8 Å². The van der Waals surface area contributed by atoms with Crippen molar-refractivity contribution >= 4 is 33.2 Å². The van der Waals surface area contributed by atoms with E-state index in [4.69, 9.17) is 4.74 Å². The van der Waals surface area contributed by atoms with Crippen molar-refractivity contribution in [2.75, 3.05) is 0 Å². The molecule has 6 nitrogen and oxygen atoms in total. The van der Waals surface area contributed by atoms with Crippen LogP contribution in [-0.2, 0) is 11.3 Å². The zero-order chi connectivity index (χ0) is 17.4. The Morgan fingerprint density at radius 3 is 3.00 bits per heavy atom. The summed E-state index contributed by atoms with van der Waals surface area (Å²) in [6.07, 6.45) is 0. The van der Waals surface area contributed by atoms with Crippen molar-refractivity contribution in [3.8, 4) is 0 Å². The predicted octanol–water partition coefficient (Wildman–Crippen LogP) is 2.97. The minimum absolute atomic E-state index is 0.0563. The van der Waals surface area contributed by atoms with E-state index in [1.165, 1.54) is 21.8 Å². The normalized spacial score (nSPS) is 11.1. The maximum absolute atomic E-state index is 12.2. The summed E-state index contributed by atoms with van der Waals surface area (Å²) in [5.41, 5.74) is 4.59. The predicted molar refractivity (Wildman–Crippen MR) is 94.9 cm³/mol. The second-order valence-corrected chi connectivity index (χ2v) is 6.44. The lowest BCUT2D eigenvalue weighted by atomic mass is 10.2. The van der Waals surface area contributed by atoms with Gasteiger partial charge in [-0.15, -0.1) is 11.3 Å². The van der Waals surface area contributed by atoms with Crippen LogP contribution in [0.4, 0.5) is 0 Å². The number of ether oxygens (including phenoxy) is 1. The zero-order valence-electron chi connectivity index (χ0n) is 13.3. The molecule has 0 aliphatic rings. The Hall–Kier alpha value is -3.06. The van der Waals surface area contributed by atoms with E-state index in [9.17, 15) is 9.59 Å². The lowest BCUT2D eigenvalue weighted by Crippen LogP contribution is -2.18. The Bertz CT molecular complexity index is 1160. The van der Waals surface area contributed by atoms with Crippen molar-refractivity contribution in [1.82, 2.24) is 14.4 Å². The fourth-order valence-electron chi connectivity index (χ4n) is 2.64. The Kier molecular flexibility index (Phi) is 3.77. The highest BCUT2D eigenvalue weighted by molar-refractivity contribution is 7.16. The zero-order valence-corrected chi connectivity index (χ0v) is 14.1. The van der Waals surface area contributed by atoms with Crippen molar-refractivity contribution in [3.63, 3.8) is 0 Å². The van der Waals surface area contributed by atoms with Gasteiger partial charge in [-0.1, -0.05) is 6.07 Å². The number of rotatable bonds is 3. The molecule has 4 aromatic rings. The average Bonchev–Trinajstić information content (AvgIpc) is 3.07. The van der Waals surface area contributed by atoms with E-state index in [0.717, 1.165) is 15.9 Å². The fourth-order valence-corrected chi connectivity index (χ4v) is 3.36. The molecular weight excluding hydrogens is 338 g/mol. The third-order valence-electron chi connectivity index (χ3n) is 3.85. The maximum Gasteiger partial charge on any atom is 0.338 e. The largest absolute Gasteiger partial charge is 0.456 e. The van der Waals surface area contributed by atoms with Crippen molar-refractivity contribution in [3.05, 3.63) is 75.3 Å². The Labute approximate surface area is 146 Å². The fraction of sp³-hybridized carbons (Fsp3) is 0.111. The van der Waals surface area contributed by atoms with E-state index in [-0.39, 0.29) is 12.2 Å². The van der Waals surface area contributed by atoms with Crippen LogP contribution >= 0.6 is 11.3 Å². The van der Waals surface area contributed by atoms with Gasteiger partial charge in [0.2, 0.25) is 0 Å². The molecular formula is C18H13N3O3S. The Morgan fingerprint density at radius 2 is 2.12 bits per heavy atom. The molecule has 3 aromatic heterocycles. The number of esters is 1. The monoisotopic (exact) mass is 351 g/mol. The van der Waals surface area contributed by atoms with Crippen molar-refractivity contribution in [1.29, 1.82) is 0 Å². The Morgan fingerprint density at radius 1 is 1.24 bits per heavy atom. The molecule has 25 heavy (non-hydrogen) atoms. The molecule has 0 saturated carbocycles. The molecule has 0 N–H and O–H groups in total. The summed E-state index contributed by atoms with van der Waals surface area (Å²) in [5.74, 6) is -0.457. The summed E-state index contributed by atoms with van der Waals surface area (Å²) in [6, 6.07) is 12.0. The molecule has 0 fully saturated rings. The topological polar surface area (TPSA) is 73.6 Å². The van der Waals surface area contributed by atoms with Gasteiger partial charge in [-0.3, -0.25) is 9.20 Å². The van der Waals surface area contributed by atoms with E-state index in [1.807, 2.05) is 19.1 Å². The molecule has 0 spiro atoms. The van der Waals surface area contributed by atoms with Crippen molar-refractivity contribution in [2.24, 2.45) is 0 Å². The van der Waals surface area contributed by atoms with E-state index in [1.54, 1.807) is 29.8 Å². The number of hydrogen-bond acceptors (Lipinski definition) is 6. The molecule has 4 rings (SSSR count). The van der Waals surface area contributed by atoms with Crippen LogP contribution in [0.1, 0.15) is 21.7 Å². The number of thiazole rings is 1. The van der Waals surface area contributed by atoms with Crippen LogP contribution < -0.4 is 5.56 Å². The van der Waals surface area contributed by atoms with Crippen LogP contribution in [0.3, 0.4) is 0 Å². The maximum atomic E-state index is 12.2. The molecule has 0 radical (unpaired) electrons. The number of nitrogens with zero attached hydrogens (tertiary/aromatic N) is 3. The van der Waals surface area contributed by atoms with Crippen molar-refractivity contribution < 1.29 is 9.53 Å². The van der Waals surface area contributed by atoms with Gasteiger partial charge in [-0.05, 0) is 37.3 Å². The van der Waals surface area contributed by atoms with Gasteiger partial charge in [-0.2, -0.15) is 0 Å². The van der Waals surface area contributed by atoms with Gasteiger partial charge in [0.05, 0.1) is 27.0 Å². The average molecular weight is 351 g/mol. The molecule has 0 aliphatic carbocycles. The van der Waals surface area contributed by atoms with E-state index in [2.05, 4.69) is 9.97 Å². The van der Waals surface area contributed by atoms with Gasteiger partial charge >= 0.3 is 5.97 Å². The molecule has 3 heterocycles. The van der Waals surface area contributed by atoms with Gasteiger partial charge in [0.1, 0.15) is 12.3 Å². The smallest absolute Gasteiger partial charge is 0.338 e. The lowest BCUT2D eigenvalue weighted by molar-refractivity contribution is 0.0468. The highest BCUT2D eigenvalue weighted by Gasteiger charge is 2.11. The van der Waals surface area contributed by atoms with E-state index >= 15 is 0 Å². The molecule has 124 valence electrons. The first-order chi connectivity index (χ1) is 12.1. The Balaban J connectivity index is 1.57. The van der Waals surface area contributed by atoms with Crippen molar-refractivity contribution in [2.45, 2.75) is 13.5 Å².